The van der Waals surface area contributed by atoms with Crippen molar-refractivity contribution in [3.63, 3.8) is 0 Å². The lowest BCUT2D eigenvalue weighted by molar-refractivity contribution is 0.101. The Kier molecular flexibility index (Phi) is 8.79. The summed E-state index contributed by atoms with van der Waals surface area (Å²) in [4.78, 5) is 31.8. The number of carbonyl (C=O) groups excluding carboxylic acids is 2. The summed E-state index contributed by atoms with van der Waals surface area (Å²) in [6.45, 7) is 9.59. The third kappa shape index (κ3) is 6.81. The first-order chi connectivity index (χ1) is 19.6. The van der Waals surface area contributed by atoms with E-state index in [9.17, 15) is 18.0 Å². The number of rotatable bonds is 7. The van der Waals surface area contributed by atoms with Gasteiger partial charge in [0.25, 0.3) is 5.91 Å². The Hall–Kier alpha value is -3.77. The molecule has 228 valence electrons. The monoisotopic (exact) mass is 598 g/mol. The van der Waals surface area contributed by atoms with Crippen LogP contribution in [-0.2, 0) is 29.0 Å². The molecule has 1 fully saturated rings. The maximum absolute atomic E-state index is 13.7. The predicted octanol–water partition coefficient (Wildman–Crippen LogP) is 3.91. The molecule has 2 aromatic carbocycles. The topological polar surface area (TPSA) is 116 Å². The first-order valence-corrected chi connectivity index (χ1v) is 15.8. The van der Waals surface area contributed by atoms with Crippen LogP contribution in [0.2, 0.25) is 0 Å². The highest BCUT2D eigenvalue weighted by atomic mass is 32.2. The first kappa shape index (κ1) is 31.2. The lowest BCUT2D eigenvalue weighted by atomic mass is 9.86. The van der Waals surface area contributed by atoms with E-state index in [1.54, 1.807) is 25.1 Å². The van der Waals surface area contributed by atoms with Crippen molar-refractivity contribution in [1.29, 1.82) is 0 Å². The van der Waals surface area contributed by atoms with Crippen molar-refractivity contribution in [2.75, 3.05) is 63.7 Å². The third-order valence-electron chi connectivity index (χ3n) is 7.49. The molecule has 3 amide bonds. The van der Waals surface area contributed by atoms with Gasteiger partial charge in [0.1, 0.15) is 5.69 Å². The Morgan fingerprint density at radius 3 is 2.24 bits per heavy atom. The number of sulfonamides is 1. The number of urea groups is 1. The van der Waals surface area contributed by atoms with E-state index in [-0.39, 0.29) is 28.8 Å². The molecule has 1 aliphatic heterocycles. The minimum absolute atomic E-state index is 0.0266. The SMILES string of the molecule is COc1c(NC(=O)c2cc3cccc(CN4CCN(C(=O)N(C)C)CC4)c3n2C)cc(C(C)(C)C)cc1NS(C)(=O)=O. The van der Waals surface area contributed by atoms with Crippen LogP contribution in [0.1, 0.15) is 42.4 Å². The summed E-state index contributed by atoms with van der Waals surface area (Å²) < 4.78 is 34.2. The van der Waals surface area contributed by atoms with Crippen LogP contribution in [0.25, 0.3) is 10.9 Å². The Bertz CT molecular complexity index is 1600. The number of nitrogens with one attached hydrogen (secondary N) is 2. The van der Waals surface area contributed by atoms with E-state index in [0.29, 0.717) is 31.0 Å². The van der Waals surface area contributed by atoms with Crippen LogP contribution in [0.15, 0.2) is 36.4 Å². The van der Waals surface area contributed by atoms with Crippen LogP contribution >= 0.6 is 0 Å². The molecule has 11 nitrogen and oxygen atoms in total. The number of aromatic nitrogens is 1. The summed E-state index contributed by atoms with van der Waals surface area (Å²) >= 11 is 0. The van der Waals surface area contributed by atoms with Gasteiger partial charge in [-0.25, -0.2) is 13.2 Å². The summed E-state index contributed by atoms with van der Waals surface area (Å²) in [5.74, 6) is -0.113. The number of ether oxygens (including phenoxy) is 1. The number of anilines is 2. The summed E-state index contributed by atoms with van der Waals surface area (Å²) in [6, 6.07) is 11.5. The van der Waals surface area contributed by atoms with Crippen molar-refractivity contribution in [3.8, 4) is 5.75 Å². The van der Waals surface area contributed by atoms with Crippen LogP contribution in [0.4, 0.5) is 16.2 Å². The van der Waals surface area contributed by atoms with Crippen LogP contribution in [-0.4, -0.2) is 93.3 Å². The molecule has 12 heteroatoms. The summed E-state index contributed by atoms with van der Waals surface area (Å²) in [5, 5.41) is 3.91. The number of hydrogen-bond acceptors (Lipinski definition) is 6. The van der Waals surface area contributed by atoms with E-state index in [1.165, 1.54) is 7.11 Å². The third-order valence-corrected chi connectivity index (χ3v) is 8.09. The molecule has 4 rings (SSSR count). The number of aryl methyl sites for hydroxylation is 1. The second-order valence-electron chi connectivity index (χ2n) is 12.1. The quantitative estimate of drug-likeness (QED) is 0.426. The molecule has 0 radical (unpaired) electrons. The van der Waals surface area contributed by atoms with Gasteiger partial charge in [-0.1, -0.05) is 39.0 Å². The number of hydrogen-bond donors (Lipinski definition) is 2. The fourth-order valence-electron chi connectivity index (χ4n) is 5.30. The number of piperazine rings is 1. The zero-order chi connectivity index (χ0) is 31.0. The van der Waals surface area contributed by atoms with Crippen molar-refractivity contribution < 1.29 is 22.7 Å². The number of benzene rings is 2. The van der Waals surface area contributed by atoms with Gasteiger partial charge in [0.05, 0.1) is 30.3 Å². The van der Waals surface area contributed by atoms with Crippen molar-refractivity contribution >= 4 is 44.2 Å². The van der Waals surface area contributed by atoms with Crippen molar-refractivity contribution in [1.82, 2.24) is 19.3 Å². The Morgan fingerprint density at radius 2 is 1.67 bits per heavy atom. The first-order valence-electron chi connectivity index (χ1n) is 13.9. The minimum Gasteiger partial charge on any atom is -0.492 e. The molecule has 0 atom stereocenters. The number of fused-ring (bicyclic) bond motifs is 1. The van der Waals surface area contributed by atoms with Gasteiger partial charge in [0, 0.05) is 59.3 Å². The van der Waals surface area contributed by atoms with E-state index in [1.807, 2.05) is 61.6 Å². The average molecular weight is 599 g/mol. The summed E-state index contributed by atoms with van der Waals surface area (Å²) in [6.07, 6.45) is 1.07. The molecular formula is C30H42N6O5S. The zero-order valence-electron chi connectivity index (χ0n) is 25.7. The highest BCUT2D eigenvalue weighted by Crippen LogP contribution is 2.39. The number of para-hydroxylation sites is 1. The van der Waals surface area contributed by atoms with Gasteiger partial charge >= 0.3 is 6.03 Å². The van der Waals surface area contributed by atoms with Gasteiger partial charge in [-0.2, -0.15) is 0 Å². The van der Waals surface area contributed by atoms with E-state index in [0.717, 1.165) is 41.4 Å². The van der Waals surface area contributed by atoms with Crippen molar-refractivity contribution in [2.24, 2.45) is 7.05 Å². The largest absolute Gasteiger partial charge is 0.492 e. The van der Waals surface area contributed by atoms with Gasteiger partial charge in [0.15, 0.2) is 5.75 Å². The molecule has 0 saturated carbocycles. The molecule has 0 aliphatic carbocycles. The van der Waals surface area contributed by atoms with Gasteiger partial charge in [0.2, 0.25) is 10.0 Å². The van der Waals surface area contributed by atoms with Crippen molar-refractivity contribution in [2.45, 2.75) is 32.7 Å². The predicted molar refractivity (Wildman–Crippen MR) is 167 cm³/mol. The molecule has 1 aliphatic rings. The number of carbonyl (C=O) groups is 2. The fraction of sp³-hybridized carbons (Fsp3) is 0.467. The molecule has 1 aromatic heterocycles. The second kappa shape index (κ2) is 11.8. The Balaban J connectivity index is 1.63. The molecule has 2 N–H and O–H groups in total. The Morgan fingerprint density at radius 1 is 1.02 bits per heavy atom. The molecule has 2 heterocycles. The molecule has 0 unspecified atom stereocenters. The van der Waals surface area contributed by atoms with E-state index >= 15 is 0 Å². The number of methoxy groups -OCH3 is 1. The average Bonchev–Trinajstić information content (AvgIpc) is 3.24. The highest BCUT2D eigenvalue weighted by molar-refractivity contribution is 7.92. The van der Waals surface area contributed by atoms with Crippen LogP contribution in [0.5, 0.6) is 5.75 Å². The maximum Gasteiger partial charge on any atom is 0.319 e. The van der Waals surface area contributed by atoms with E-state index in [2.05, 4.69) is 21.0 Å². The van der Waals surface area contributed by atoms with Crippen LogP contribution < -0.4 is 14.8 Å². The molecule has 0 bridgehead atoms. The van der Waals surface area contributed by atoms with Gasteiger partial charge in [-0.3, -0.25) is 14.4 Å². The zero-order valence-corrected chi connectivity index (χ0v) is 26.6. The molecule has 1 saturated heterocycles. The Labute approximate surface area is 248 Å². The van der Waals surface area contributed by atoms with Crippen LogP contribution in [0.3, 0.4) is 0 Å². The molecule has 3 aromatic rings. The highest BCUT2D eigenvalue weighted by Gasteiger charge is 2.25. The van der Waals surface area contributed by atoms with E-state index < -0.39 is 10.0 Å². The molecule has 42 heavy (non-hydrogen) atoms. The normalized spacial score (nSPS) is 14.6. The van der Waals surface area contributed by atoms with Gasteiger partial charge in [-0.15, -0.1) is 0 Å². The lowest BCUT2D eigenvalue weighted by Gasteiger charge is -2.36. The molecule has 0 spiro atoms. The maximum atomic E-state index is 13.7. The van der Waals surface area contributed by atoms with Gasteiger partial charge in [-0.05, 0) is 34.7 Å². The number of nitrogens with zero attached hydrogens (tertiary/aromatic N) is 4. The summed E-state index contributed by atoms with van der Waals surface area (Å²) in [7, 11) is 3.24. The van der Waals surface area contributed by atoms with E-state index in [4.69, 9.17) is 4.74 Å². The van der Waals surface area contributed by atoms with Gasteiger partial charge < -0.3 is 24.4 Å². The van der Waals surface area contributed by atoms with Crippen LogP contribution in [0, 0.1) is 0 Å². The minimum atomic E-state index is -3.59. The fourth-order valence-corrected chi connectivity index (χ4v) is 5.86. The van der Waals surface area contributed by atoms with Crippen molar-refractivity contribution in [3.05, 3.63) is 53.2 Å². The molecular weight excluding hydrogens is 556 g/mol. The smallest absolute Gasteiger partial charge is 0.319 e. The standard InChI is InChI=1S/C30H42N6O5S/c1-30(2,3)22-17-23(27(41-7)24(18-22)32-42(8,39)40)31-28(37)25-16-20-10-9-11-21(26(20)34(25)6)19-35-12-14-36(15-13-35)29(38)33(4)5/h9-11,16-18,32H,12-15,19H2,1-8H3,(H,31,37). The number of amides is 3. The summed E-state index contributed by atoms with van der Waals surface area (Å²) in [5.41, 5.74) is 3.65. The lowest BCUT2D eigenvalue weighted by Crippen LogP contribution is -2.51. The second-order valence-corrected chi connectivity index (χ2v) is 13.8.